The van der Waals surface area contributed by atoms with Gasteiger partial charge >= 0.3 is 0 Å². The van der Waals surface area contributed by atoms with Gasteiger partial charge in [0.25, 0.3) is 0 Å². The van der Waals surface area contributed by atoms with Crippen molar-refractivity contribution in [2.45, 2.75) is 50.6 Å². The standard InChI is InChI=1S/C33H38Br2N4O4S/c1-32-18-33(2,20-37(19-32)16-23-5-3-6-26(34)13-23)22-39(21-32)30(40)17-38-12-4-7-29(31(38)41)36-44(42,43)28-11-9-24-14-27(35)10-8-25(24)15-28/h3,5-6,8-11,13-15,29,36H,4,7,12,16-22H2,1-2H3. The first-order valence-corrected chi connectivity index (χ1v) is 18.1. The second-order valence-corrected chi connectivity index (χ2v) is 17.1. The number of sulfonamides is 1. The fourth-order valence-corrected chi connectivity index (χ4v) is 9.82. The number of likely N-dealkylation sites (tertiary alicyclic amines) is 3. The Morgan fingerprint density at radius 3 is 2.34 bits per heavy atom. The molecule has 0 aromatic heterocycles. The number of halogens is 2. The molecule has 3 aromatic carbocycles. The van der Waals surface area contributed by atoms with Gasteiger partial charge in [0, 0.05) is 48.2 Å². The highest BCUT2D eigenvalue weighted by Crippen LogP contribution is 2.46. The van der Waals surface area contributed by atoms with Crippen LogP contribution in [0.2, 0.25) is 0 Å². The molecular weight excluding hydrogens is 708 g/mol. The van der Waals surface area contributed by atoms with Crippen molar-refractivity contribution in [3.8, 4) is 0 Å². The number of piperidine rings is 3. The smallest absolute Gasteiger partial charge is 0.242 e. The van der Waals surface area contributed by atoms with Gasteiger partial charge in [-0.2, -0.15) is 4.72 Å². The summed E-state index contributed by atoms with van der Waals surface area (Å²) in [7, 11) is -3.94. The van der Waals surface area contributed by atoms with Gasteiger partial charge < -0.3 is 9.80 Å². The summed E-state index contributed by atoms with van der Waals surface area (Å²) in [6.45, 7) is 8.90. The van der Waals surface area contributed by atoms with E-state index >= 15 is 0 Å². The van der Waals surface area contributed by atoms with Crippen LogP contribution in [-0.4, -0.2) is 80.2 Å². The van der Waals surface area contributed by atoms with Gasteiger partial charge in [0.05, 0.1) is 11.4 Å². The topological polar surface area (TPSA) is 90.0 Å². The third kappa shape index (κ3) is 6.92. The number of amides is 2. The van der Waals surface area contributed by atoms with Crippen LogP contribution in [-0.2, 0) is 26.2 Å². The van der Waals surface area contributed by atoms with E-state index in [-0.39, 0.29) is 34.1 Å². The van der Waals surface area contributed by atoms with Crippen molar-refractivity contribution in [1.82, 2.24) is 19.4 Å². The fraction of sp³-hybridized carbons (Fsp3) is 0.455. The van der Waals surface area contributed by atoms with E-state index in [1.807, 2.05) is 29.2 Å². The zero-order valence-corrected chi connectivity index (χ0v) is 29.0. The minimum Gasteiger partial charge on any atom is -0.340 e. The normalized spacial score (nSPS) is 26.3. The highest BCUT2D eigenvalue weighted by Gasteiger charge is 2.49. The Hall–Kier alpha value is -2.31. The first kappa shape index (κ1) is 31.7. The summed E-state index contributed by atoms with van der Waals surface area (Å²) in [5.41, 5.74) is 1.17. The molecule has 11 heteroatoms. The number of nitrogens with one attached hydrogen (secondary N) is 1. The summed E-state index contributed by atoms with van der Waals surface area (Å²) >= 11 is 7.02. The molecule has 1 N–H and O–H groups in total. The quantitative estimate of drug-likeness (QED) is 0.351. The second-order valence-electron chi connectivity index (χ2n) is 13.6. The lowest BCUT2D eigenvalue weighted by Gasteiger charge is -2.57. The van der Waals surface area contributed by atoms with Crippen LogP contribution >= 0.6 is 31.9 Å². The minimum atomic E-state index is -3.94. The predicted octanol–water partition coefficient (Wildman–Crippen LogP) is 5.39. The van der Waals surface area contributed by atoms with Gasteiger partial charge in [0.1, 0.15) is 6.04 Å². The number of benzene rings is 3. The molecule has 3 aromatic rings. The molecule has 2 bridgehead atoms. The molecule has 6 rings (SSSR count). The third-order valence-corrected chi connectivity index (χ3v) is 11.6. The molecule has 8 nitrogen and oxygen atoms in total. The fourth-order valence-electron chi connectivity index (χ4n) is 7.74. The summed E-state index contributed by atoms with van der Waals surface area (Å²) in [6, 6.07) is 18.1. The van der Waals surface area contributed by atoms with E-state index in [9.17, 15) is 18.0 Å². The van der Waals surface area contributed by atoms with Crippen LogP contribution in [0, 0.1) is 10.8 Å². The van der Waals surface area contributed by atoms with E-state index in [0.717, 1.165) is 45.8 Å². The van der Waals surface area contributed by atoms with Crippen molar-refractivity contribution in [2.75, 3.05) is 39.3 Å². The Morgan fingerprint density at radius 1 is 0.932 bits per heavy atom. The number of hydrogen-bond acceptors (Lipinski definition) is 5. The zero-order chi connectivity index (χ0) is 31.3. The Balaban J connectivity index is 1.09. The van der Waals surface area contributed by atoms with Crippen molar-refractivity contribution in [3.05, 3.63) is 75.2 Å². The van der Waals surface area contributed by atoms with Crippen molar-refractivity contribution in [3.63, 3.8) is 0 Å². The van der Waals surface area contributed by atoms with Crippen LogP contribution < -0.4 is 4.72 Å². The Kier molecular flexibility index (Phi) is 8.73. The van der Waals surface area contributed by atoms with Crippen molar-refractivity contribution < 1.29 is 18.0 Å². The van der Waals surface area contributed by atoms with Gasteiger partial charge in [0.2, 0.25) is 21.8 Å². The maximum atomic E-state index is 13.7. The van der Waals surface area contributed by atoms with E-state index in [0.29, 0.717) is 32.5 Å². The maximum absolute atomic E-state index is 13.7. The van der Waals surface area contributed by atoms with Gasteiger partial charge in [-0.05, 0) is 82.8 Å². The van der Waals surface area contributed by atoms with Crippen LogP contribution in [0.4, 0.5) is 0 Å². The molecule has 3 unspecified atom stereocenters. The van der Waals surface area contributed by atoms with Crippen molar-refractivity contribution in [1.29, 1.82) is 0 Å². The molecule has 0 radical (unpaired) electrons. The Bertz CT molecular complexity index is 1700. The van der Waals surface area contributed by atoms with E-state index in [4.69, 9.17) is 0 Å². The SMILES string of the molecule is CC12CN(Cc3cccc(Br)c3)CC(C)(CN(C(=O)CN3CCCC(NS(=O)(=O)c4ccc5cc(Br)ccc5c4)C3=O)C1)C2. The largest absolute Gasteiger partial charge is 0.340 e. The maximum Gasteiger partial charge on any atom is 0.242 e. The molecule has 2 amide bonds. The minimum absolute atomic E-state index is 0.0319. The molecule has 3 atom stereocenters. The zero-order valence-electron chi connectivity index (χ0n) is 25.1. The number of carbonyl (C=O) groups is 2. The molecular formula is C33H38Br2N4O4S. The van der Waals surface area contributed by atoms with Gasteiger partial charge in [-0.1, -0.05) is 70.0 Å². The molecule has 3 fully saturated rings. The van der Waals surface area contributed by atoms with Gasteiger partial charge in [0.15, 0.2) is 0 Å². The number of carbonyl (C=O) groups excluding carboxylic acids is 2. The number of fused-ring (bicyclic) bond motifs is 3. The average Bonchev–Trinajstić information content (AvgIpc) is 2.93. The Labute approximate surface area is 276 Å². The van der Waals surface area contributed by atoms with Crippen molar-refractivity contribution in [2.24, 2.45) is 10.8 Å². The van der Waals surface area contributed by atoms with E-state index < -0.39 is 16.1 Å². The molecule has 0 spiro atoms. The lowest BCUT2D eigenvalue weighted by atomic mass is 9.65. The summed E-state index contributed by atoms with van der Waals surface area (Å²) < 4.78 is 31.2. The summed E-state index contributed by atoms with van der Waals surface area (Å²) in [5, 5.41) is 1.71. The average molecular weight is 747 g/mol. The molecule has 0 aliphatic carbocycles. The Morgan fingerprint density at radius 2 is 1.61 bits per heavy atom. The van der Waals surface area contributed by atoms with Crippen LogP contribution in [0.15, 0.2) is 74.5 Å². The van der Waals surface area contributed by atoms with Crippen LogP contribution in [0.3, 0.4) is 0 Å². The molecule has 44 heavy (non-hydrogen) atoms. The van der Waals surface area contributed by atoms with E-state index in [2.05, 4.69) is 73.5 Å². The van der Waals surface area contributed by atoms with Crippen molar-refractivity contribution >= 4 is 64.5 Å². The second kappa shape index (κ2) is 12.1. The molecule has 3 saturated heterocycles. The first-order valence-electron chi connectivity index (χ1n) is 15.1. The predicted molar refractivity (Wildman–Crippen MR) is 178 cm³/mol. The van der Waals surface area contributed by atoms with Crippen LogP contribution in [0.25, 0.3) is 10.8 Å². The van der Waals surface area contributed by atoms with Gasteiger partial charge in [-0.3, -0.25) is 14.5 Å². The number of rotatable bonds is 7. The van der Waals surface area contributed by atoms with Gasteiger partial charge in [-0.15, -0.1) is 0 Å². The molecule has 0 saturated carbocycles. The monoisotopic (exact) mass is 744 g/mol. The van der Waals surface area contributed by atoms with E-state index in [1.54, 1.807) is 18.2 Å². The third-order valence-electron chi connectivity index (χ3n) is 9.10. The molecule has 234 valence electrons. The molecule has 3 aliphatic heterocycles. The molecule has 3 heterocycles. The first-order chi connectivity index (χ1) is 20.8. The lowest BCUT2D eigenvalue weighted by Crippen LogP contribution is -2.64. The van der Waals surface area contributed by atoms with Crippen LogP contribution in [0.1, 0.15) is 38.7 Å². The number of nitrogens with zero attached hydrogens (tertiary/aromatic N) is 3. The number of hydrogen-bond donors (Lipinski definition) is 1. The summed E-state index contributed by atoms with van der Waals surface area (Å²) in [5.74, 6) is -0.409. The van der Waals surface area contributed by atoms with Gasteiger partial charge in [-0.25, -0.2) is 8.42 Å². The molecule has 3 aliphatic rings. The highest BCUT2D eigenvalue weighted by atomic mass is 79.9. The highest BCUT2D eigenvalue weighted by molar-refractivity contribution is 9.10. The summed E-state index contributed by atoms with van der Waals surface area (Å²) in [4.78, 5) is 33.2. The van der Waals surface area contributed by atoms with Crippen LogP contribution in [0.5, 0.6) is 0 Å². The van der Waals surface area contributed by atoms with E-state index in [1.165, 1.54) is 10.5 Å². The lowest BCUT2D eigenvalue weighted by molar-refractivity contribution is -0.151. The summed E-state index contributed by atoms with van der Waals surface area (Å²) in [6.07, 6.45) is 2.08.